The van der Waals surface area contributed by atoms with Gasteiger partial charge in [0.15, 0.2) is 0 Å². The van der Waals surface area contributed by atoms with E-state index in [2.05, 4.69) is 9.97 Å². The van der Waals surface area contributed by atoms with Crippen molar-refractivity contribution in [2.45, 2.75) is 6.92 Å². The van der Waals surface area contributed by atoms with Crippen LogP contribution in [-0.2, 0) is 4.74 Å². The maximum absolute atomic E-state index is 11.7. The van der Waals surface area contributed by atoms with Crippen LogP contribution >= 0.6 is 22.9 Å². The Bertz CT molecular complexity index is 807. The van der Waals surface area contributed by atoms with E-state index in [4.69, 9.17) is 16.3 Å². The first-order chi connectivity index (χ1) is 9.61. The van der Waals surface area contributed by atoms with Crippen LogP contribution in [0.2, 0.25) is 5.02 Å². The molecule has 0 amide bonds. The molecule has 0 atom stereocenters. The molecule has 2 aromatic heterocycles. The molecule has 102 valence electrons. The molecule has 0 saturated carbocycles. The number of thiophene rings is 1. The fraction of sp³-hybridized carbons (Fsp3) is 0.143. The van der Waals surface area contributed by atoms with Crippen molar-refractivity contribution in [1.29, 1.82) is 0 Å². The summed E-state index contributed by atoms with van der Waals surface area (Å²) in [5.74, 6) is 0.265. The fourth-order valence-electron chi connectivity index (χ4n) is 2.00. The molecular formula is C14H11ClN2O2S. The Morgan fingerprint density at radius 3 is 2.90 bits per heavy atom. The highest BCUT2D eigenvalue weighted by atomic mass is 35.5. The SMILES string of the molecule is COC(=O)c1cccc2[nH]c(-c3scc(C)c3Cl)nc12. The standard InChI is InChI=1S/C14H11ClN2O2S/c1-7-6-20-12(10(7)15)13-16-9-5-3-4-8(11(9)17-13)14(18)19-2/h3-6H,1-2H3,(H,16,17). The normalized spacial score (nSPS) is 10.9. The number of esters is 1. The first-order valence-electron chi connectivity index (χ1n) is 5.93. The number of aryl methyl sites for hydroxylation is 1. The molecule has 20 heavy (non-hydrogen) atoms. The number of fused-ring (bicyclic) bond motifs is 1. The van der Waals surface area contributed by atoms with Gasteiger partial charge in [-0.2, -0.15) is 0 Å². The third-order valence-electron chi connectivity index (χ3n) is 3.03. The molecule has 2 heterocycles. The highest BCUT2D eigenvalue weighted by molar-refractivity contribution is 7.14. The number of benzene rings is 1. The van der Waals surface area contributed by atoms with Crippen molar-refractivity contribution in [2.24, 2.45) is 0 Å². The number of nitrogens with one attached hydrogen (secondary N) is 1. The van der Waals surface area contributed by atoms with Crippen molar-refractivity contribution in [3.8, 4) is 10.7 Å². The van der Waals surface area contributed by atoms with Crippen molar-refractivity contribution in [1.82, 2.24) is 9.97 Å². The molecule has 0 radical (unpaired) electrons. The van der Waals surface area contributed by atoms with E-state index < -0.39 is 5.97 Å². The lowest BCUT2D eigenvalue weighted by molar-refractivity contribution is 0.0603. The lowest BCUT2D eigenvalue weighted by Gasteiger charge is -1.98. The summed E-state index contributed by atoms with van der Waals surface area (Å²) in [5.41, 5.74) is 2.83. The number of rotatable bonds is 2. The molecule has 1 aromatic carbocycles. The summed E-state index contributed by atoms with van der Waals surface area (Å²) in [4.78, 5) is 20.3. The summed E-state index contributed by atoms with van der Waals surface area (Å²) in [6.45, 7) is 1.95. The number of imidazole rings is 1. The number of aromatic nitrogens is 2. The van der Waals surface area contributed by atoms with Gasteiger partial charge in [-0.25, -0.2) is 9.78 Å². The summed E-state index contributed by atoms with van der Waals surface area (Å²) in [7, 11) is 1.36. The molecule has 0 fully saturated rings. The van der Waals surface area contributed by atoms with Crippen LogP contribution in [0.15, 0.2) is 23.6 Å². The molecule has 0 saturated heterocycles. The van der Waals surface area contributed by atoms with Crippen molar-refractivity contribution >= 4 is 39.9 Å². The van der Waals surface area contributed by atoms with E-state index in [1.165, 1.54) is 18.4 Å². The van der Waals surface area contributed by atoms with Gasteiger partial charge in [-0.1, -0.05) is 17.7 Å². The zero-order chi connectivity index (χ0) is 14.3. The Balaban J connectivity index is 2.21. The minimum Gasteiger partial charge on any atom is -0.465 e. The Morgan fingerprint density at radius 2 is 2.25 bits per heavy atom. The topological polar surface area (TPSA) is 55.0 Å². The first-order valence-corrected chi connectivity index (χ1v) is 7.18. The Kier molecular flexibility index (Phi) is 3.23. The maximum atomic E-state index is 11.7. The molecule has 3 aromatic rings. The highest BCUT2D eigenvalue weighted by Gasteiger charge is 2.17. The summed E-state index contributed by atoms with van der Waals surface area (Å²) in [5, 5.41) is 2.67. The molecule has 0 spiro atoms. The molecule has 1 N–H and O–H groups in total. The van der Waals surface area contributed by atoms with Gasteiger partial charge in [-0.3, -0.25) is 0 Å². The van der Waals surface area contributed by atoms with Crippen LogP contribution in [0.1, 0.15) is 15.9 Å². The van der Waals surface area contributed by atoms with Crippen LogP contribution in [0, 0.1) is 6.92 Å². The lowest BCUT2D eigenvalue weighted by Crippen LogP contribution is -2.01. The van der Waals surface area contributed by atoms with Crippen molar-refractivity contribution in [3.63, 3.8) is 0 Å². The number of hydrogen-bond donors (Lipinski definition) is 1. The van der Waals surface area contributed by atoms with Gasteiger partial charge in [-0.05, 0) is 30.0 Å². The van der Waals surface area contributed by atoms with Crippen molar-refractivity contribution in [3.05, 3.63) is 39.7 Å². The van der Waals surface area contributed by atoms with Crippen molar-refractivity contribution in [2.75, 3.05) is 7.11 Å². The fourth-order valence-corrected chi connectivity index (χ4v) is 3.23. The van der Waals surface area contributed by atoms with Crippen LogP contribution in [0.3, 0.4) is 0 Å². The van der Waals surface area contributed by atoms with Gasteiger partial charge in [0.05, 0.1) is 28.1 Å². The van der Waals surface area contributed by atoms with E-state index in [9.17, 15) is 4.79 Å². The molecule has 6 heteroatoms. The van der Waals surface area contributed by atoms with Crippen LogP contribution in [0.25, 0.3) is 21.7 Å². The molecule has 0 aliphatic rings. The highest BCUT2D eigenvalue weighted by Crippen LogP contribution is 2.36. The summed E-state index contributed by atoms with van der Waals surface area (Å²) >= 11 is 7.78. The first kappa shape index (κ1) is 13.1. The number of methoxy groups -OCH3 is 1. The second kappa shape index (κ2) is 4.92. The van der Waals surface area contributed by atoms with Gasteiger partial charge in [-0.15, -0.1) is 11.3 Å². The zero-order valence-corrected chi connectivity index (χ0v) is 12.4. The van der Waals surface area contributed by atoms with E-state index in [1.807, 2.05) is 18.4 Å². The van der Waals surface area contributed by atoms with E-state index >= 15 is 0 Å². The molecular weight excluding hydrogens is 296 g/mol. The van der Waals surface area contributed by atoms with Gasteiger partial charge in [0.25, 0.3) is 0 Å². The third-order valence-corrected chi connectivity index (χ3v) is 4.74. The lowest BCUT2D eigenvalue weighted by atomic mass is 10.2. The van der Waals surface area contributed by atoms with E-state index in [-0.39, 0.29) is 0 Å². The van der Waals surface area contributed by atoms with Gasteiger partial charge in [0.1, 0.15) is 11.3 Å². The molecule has 0 unspecified atom stereocenters. The smallest absolute Gasteiger partial charge is 0.340 e. The van der Waals surface area contributed by atoms with Crippen LogP contribution < -0.4 is 0 Å². The van der Waals surface area contributed by atoms with Gasteiger partial charge in [0, 0.05) is 0 Å². The zero-order valence-electron chi connectivity index (χ0n) is 10.9. The summed E-state index contributed by atoms with van der Waals surface area (Å²) < 4.78 is 4.77. The molecule has 4 nitrogen and oxygen atoms in total. The Labute approximate surface area is 124 Å². The minimum atomic E-state index is -0.401. The minimum absolute atomic E-state index is 0.401. The van der Waals surface area contributed by atoms with Gasteiger partial charge < -0.3 is 9.72 Å². The van der Waals surface area contributed by atoms with E-state index in [1.54, 1.807) is 12.1 Å². The van der Waals surface area contributed by atoms with Crippen molar-refractivity contribution < 1.29 is 9.53 Å². The number of hydrogen-bond acceptors (Lipinski definition) is 4. The van der Waals surface area contributed by atoms with Crippen LogP contribution in [0.4, 0.5) is 0 Å². The molecule has 3 rings (SSSR count). The number of H-pyrrole nitrogens is 1. The summed E-state index contributed by atoms with van der Waals surface area (Å²) in [6, 6.07) is 5.35. The molecule has 0 aliphatic heterocycles. The molecule has 0 aliphatic carbocycles. The number of carbonyl (C=O) groups excluding carboxylic acids is 1. The second-order valence-electron chi connectivity index (χ2n) is 4.34. The summed E-state index contributed by atoms with van der Waals surface area (Å²) in [6.07, 6.45) is 0. The van der Waals surface area contributed by atoms with Crippen LogP contribution in [-0.4, -0.2) is 23.0 Å². The number of ether oxygens (including phenoxy) is 1. The van der Waals surface area contributed by atoms with Crippen LogP contribution in [0.5, 0.6) is 0 Å². The average Bonchev–Trinajstić information content (AvgIpc) is 3.02. The second-order valence-corrected chi connectivity index (χ2v) is 5.60. The molecule has 0 bridgehead atoms. The monoisotopic (exact) mass is 306 g/mol. The largest absolute Gasteiger partial charge is 0.465 e. The number of nitrogens with zero attached hydrogens (tertiary/aromatic N) is 1. The van der Waals surface area contributed by atoms with E-state index in [0.717, 1.165) is 16.0 Å². The number of aromatic amines is 1. The predicted molar refractivity (Wildman–Crippen MR) is 80.5 cm³/mol. The quantitative estimate of drug-likeness (QED) is 0.727. The number of halogens is 1. The maximum Gasteiger partial charge on any atom is 0.340 e. The van der Waals surface area contributed by atoms with E-state index in [0.29, 0.717) is 21.9 Å². The number of carbonyl (C=O) groups is 1. The van der Waals surface area contributed by atoms with Gasteiger partial charge in [0.2, 0.25) is 0 Å². The predicted octanol–water partition coefficient (Wildman–Crippen LogP) is 4.04. The average molecular weight is 307 g/mol. The number of para-hydroxylation sites is 1. The Hall–Kier alpha value is -1.85. The Morgan fingerprint density at radius 1 is 1.45 bits per heavy atom. The third kappa shape index (κ3) is 1.99. The van der Waals surface area contributed by atoms with Gasteiger partial charge >= 0.3 is 5.97 Å².